The number of amides is 1. The first-order valence-corrected chi connectivity index (χ1v) is 14.2. The Bertz CT molecular complexity index is 1320. The summed E-state index contributed by atoms with van der Waals surface area (Å²) in [6.07, 6.45) is 0.0244. The van der Waals surface area contributed by atoms with Gasteiger partial charge in [-0.2, -0.15) is 0 Å². The summed E-state index contributed by atoms with van der Waals surface area (Å²) in [5.74, 6) is -3.31. The molecule has 2 saturated carbocycles. The standard InChI is InChI=1S/C30H39NO10/c1-14-6-8-22-28(3,4)25(36)21(40-15(2)32)12-29(22,5)30(14)11-17-20(33)10-16-18(24(17)41-30)13-31(26(16)37)19(27(38)39)7-9-23(34)35/h10,14,19,21-22,25,33,36H,6-9,11-13H2,1-5H3,(H,34,35)(H,38,39)/t14-,19-,21-,22-,25+,29-,30-/m0/s1. The molecule has 7 atom stereocenters. The van der Waals surface area contributed by atoms with Crippen molar-refractivity contribution in [2.24, 2.45) is 22.7 Å². The van der Waals surface area contributed by atoms with Gasteiger partial charge in [-0.1, -0.05) is 27.7 Å². The van der Waals surface area contributed by atoms with Gasteiger partial charge in [0.25, 0.3) is 5.91 Å². The number of nitrogens with zero attached hydrogens (tertiary/aromatic N) is 1. The summed E-state index contributed by atoms with van der Waals surface area (Å²) in [4.78, 5) is 49.7. The van der Waals surface area contributed by atoms with Gasteiger partial charge in [0.1, 0.15) is 29.2 Å². The van der Waals surface area contributed by atoms with Gasteiger partial charge < -0.3 is 34.8 Å². The summed E-state index contributed by atoms with van der Waals surface area (Å²) in [7, 11) is 0. The summed E-state index contributed by atoms with van der Waals surface area (Å²) in [5.41, 5.74) is -0.912. The topological polar surface area (TPSA) is 171 Å². The quantitative estimate of drug-likeness (QED) is 0.371. The van der Waals surface area contributed by atoms with Gasteiger partial charge in [0.15, 0.2) is 0 Å². The minimum absolute atomic E-state index is 0.00534. The van der Waals surface area contributed by atoms with Gasteiger partial charge in [0, 0.05) is 36.3 Å². The molecular formula is C30H39NO10. The summed E-state index contributed by atoms with van der Waals surface area (Å²) in [5, 5.41) is 41.4. The average Bonchev–Trinajstić information content (AvgIpc) is 3.42. The lowest BCUT2D eigenvalue weighted by molar-refractivity contribution is -0.245. The first-order chi connectivity index (χ1) is 19.0. The van der Waals surface area contributed by atoms with Crippen molar-refractivity contribution < 1.29 is 49.1 Å². The lowest BCUT2D eigenvalue weighted by Gasteiger charge is -2.65. The molecule has 0 saturated heterocycles. The third-order valence-corrected chi connectivity index (χ3v) is 10.7. The molecule has 4 N–H and O–H groups in total. The zero-order valence-electron chi connectivity index (χ0n) is 24.1. The smallest absolute Gasteiger partial charge is 0.326 e. The Hall–Kier alpha value is -3.34. The van der Waals surface area contributed by atoms with Crippen LogP contribution >= 0.6 is 0 Å². The van der Waals surface area contributed by atoms with Crippen LogP contribution in [0.4, 0.5) is 0 Å². The number of benzene rings is 1. The van der Waals surface area contributed by atoms with Crippen molar-refractivity contribution in [2.75, 3.05) is 0 Å². The average molecular weight is 574 g/mol. The van der Waals surface area contributed by atoms with Crippen LogP contribution in [0.3, 0.4) is 0 Å². The molecule has 1 aromatic carbocycles. The Morgan fingerprint density at radius 3 is 2.46 bits per heavy atom. The Morgan fingerprint density at radius 1 is 1.17 bits per heavy atom. The largest absolute Gasteiger partial charge is 0.508 e. The minimum Gasteiger partial charge on any atom is -0.508 e. The van der Waals surface area contributed by atoms with Crippen LogP contribution in [-0.2, 0) is 32.1 Å². The van der Waals surface area contributed by atoms with Crippen LogP contribution in [-0.4, -0.2) is 73.0 Å². The summed E-state index contributed by atoms with van der Waals surface area (Å²) >= 11 is 0. The molecule has 2 aliphatic carbocycles. The maximum Gasteiger partial charge on any atom is 0.326 e. The number of hydrogen-bond acceptors (Lipinski definition) is 8. The summed E-state index contributed by atoms with van der Waals surface area (Å²) in [6, 6.07) is 0.0122. The van der Waals surface area contributed by atoms with E-state index in [9.17, 15) is 34.5 Å². The van der Waals surface area contributed by atoms with E-state index >= 15 is 0 Å². The second-order valence-corrected chi connectivity index (χ2v) is 13.2. The SMILES string of the molecule is CC(=O)O[C@H]1C[C@@]2(C)[C@@H](CC[C@H](C)[C@@]23Cc2c(O)cc4c(c2O3)CN([C@@H](CCC(=O)O)C(=O)O)C4=O)C(C)(C)[C@@H]1O. The highest BCUT2D eigenvalue weighted by Gasteiger charge is 2.69. The van der Waals surface area contributed by atoms with E-state index in [1.165, 1.54) is 13.0 Å². The molecule has 0 radical (unpaired) electrons. The van der Waals surface area contributed by atoms with Crippen LogP contribution in [0, 0.1) is 22.7 Å². The lowest BCUT2D eigenvalue weighted by atomic mass is 9.43. The maximum atomic E-state index is 13.4. The second kappa shape index (κ2) is 9.61. The molecule has 224 valence electrons. The second-order valence-electron chi connectivity index (χ2n) is 13.2. The van der Waals surface area contributed by atoms with E-state index in [-0.39, 0.29) is 36.1 Å². The Kier molecular flexibility index (Phi) is 6.83. The molecule has 5 rings (SSSR count). The van der Waals surface area contributed by atoms with Crippen LogP contribution in [0.15, 0.2) is 6.07 Å². The first-order valence-electron chi connectivity index (χ1n) is 14.2. The van der Waals surface area contributed by atoms with E-state index < -0.39 is 64.9 Å². The molecule has 41 heavy (non-hydrogen) atoms. The number of carboxylic acid groups (broad SMARTS) is 2. The number of esters is 1. The van der Waals surface area contributed by atoms with Crippen molar-refractivity contribution in [3.05, 3.63) is 22.8 Å². The van der Waals surface area contributed by atoms with E-state index in [0.717, 1.165) is 17.7 Å². The third-order valence-electron chi connectivity index (χ3n) is 10.7. The molecule has 1 spiro atoms. The highest BCUT2D eigenvalue weighted by molar-refractivity contribution is 6.02. The predicted octanol–water partition coefficient (Wildman–Crippen LogP) is 3.11. The number of rotatable bonds is 6. The van der Waals surface area contributed by atoms with Gasteiger partial charge in [-0.25, -0.2) is 4.79 Å². The van der Waals surface area contributed by atoms with E-state index in [2.05, 4.69) is 13.8 Å². The number of hydrogen-bond donors (Lipinski definition) is 4. The van der Waals surface area contributed by atoms with Crippen LogP contribution in [0.1, 0.15) is 88.2 Å². The maximum absolute atomic E-state index is 13.4. The van der Waals surface area contributed by atoms with E-state index in [4.69, 9.17) is 14.6 Å². The molecule has 2 heterocycles. The van der Waals surface area contributed by atoms with Gasteiger partial charge in [0.2, 0.25) is 0 Å². The van der Waals surface area contributed by atoms with Gasteiger partial charge in [0.05, 0.1) is 18.2 Å². The molecule has 1 aromatic rings. The number of aliphatic hydroxyl groups is 1. The number of phenolic OH excluding ortho intramolecular Hbond substituents is 1. The fraction of sp³-hybridized carbons (Fsp3) is 0.667. The van der Waals surface area contributed by atoms with Gasteiger partial charge in [-0.15, -0.1) is 0 Å². The molecule has 2 fully saturated rings. The van der Waals surface area contributed by atoms with Crippen molar-refractivity contribution in [3.8, 4) is 11.5 Å². The van der Waals surface area contributed by atoms with Gasteiger partial charge in [-0.3, -0.25) is 14.4 Å². The number of aliphatic hydroxyl groups excluding tert-OH is 1. The van der Waals surface area contributed by atoms with Crippen molar-refractivity contribution in [1.82, 2.24) is 4.90 Å². The van der Waals surface area contributed by atoms with Crippen LogP contribution < -0.4 is 4.74 Å². The van der Waals surface area contributed by atoms with Crippen LogP contribution in [0.25, 0.3) is 0 Å². The van der Waals surface area contributed by atoms with E-state index in [1.54, 1.807) is 0 Å². The molecule has 2 aliphatic heterocycles. The number of carbonyl (C=O) groups is 4. The van der Waals surface area contributed by atoms with E-state index in [1.807, 2.05) is 13.8 Å². The normalized spacial score (nSPS) is 33.9. The Balaban J connectivity index is 1.57. The number of aromatic hydroxyl groups is 1. The molecule has 11 heteroatoms. The number of phenols is 1. The van der Waals surface area contributed by atoms with Crippen molar-refractivity contribution in [2.45, 2.75) is 104 Å². The number of fused-ring (bicyclic) bond motifs is 5. The number of ether oxygens (including phenoxy) is 2. The third kappa shape index (κ3) is 4.18. The zero-order chi connectivity index (χ0) is 30.2. The summed E-state index contributed by atoms with van der Waals surface area (Å²) < 4.78 is 12.6. The molecule has 4 aliphatic rings. The van der Waals surface area contributed by atoms with E-state index in [0.29, 0.717) is 29.7 Å². The first kappa shape index (κ1) is 29.2. The highest BCUT2D eigenvalue weighted by Crippen LogP contribution is 2.67. The molecule has 0 aromatic heterocycles. The van der Waals surface area contributed by atoms with Crippen molar-refractivity contribution >= 4 is 23.8 Å². The predicted molar refractivity (Wildman–Crippen MR) is 143 cm³/mol. The molecule has 0 unspecified atom stereocenters. The Morgan fingerprint density at radius 2 is 1.85 bits per heavy atom. The fourth-order valence-corrected chi connectivity index (χ4v) is 8.64. The monoisotopic (exact) mass is 573 g/mol. The van der Waals surface area contributed by atoms with Crippen LogP contribution in [0.2, 0.25) is 0 Å². The molecule has 11 nitrogen and oxygen atoms in total. The minimum atomic E-state index is -1.35. The summed E-state index contributed by atoms with van der Waals surface area (Å²) in [6.45, 7) is 9.39. The number of carboxylic acids is 2. The molecular weight excluding hydrogens is 534 g/mol. The zero-order valence-corrected chi connectivity index (χ0v) is 24.1. The van der Waals surface area contributed by atoms with Crippen LogP contribution in [0.5, 0.6) is 11.5 Å². The van der Waals surface area contributed by atoms with Gasteiger partial charge >= 0.3 is 17.9 Å². The number of carbonyl (C=O) groups excluding carboxylic acids is 2. The van der Waals surface area contributed by atoms with Crippen molar-refractivity contribution in [3.63, 3.8) is 0 Å². The Labute approximate surface area is 238 Å². The number of aliphatic carboxylic acids is 2. The lowest BCUT2D eigenvalue weighted by Crippen LogP contribution is -2.69. The molecule has 1 amide bonds. The molecule has 0 bridgehead atoms. The van der Waals surface area contributed by atoms with Gasteiger partial charge in [-0.05, 0) is 49.0 Å². The van der Waals surface area contributed by atoms with Crippen molar-refractivity contribution in [1.29, 1.82) is 0 Å². The highest BCUT2D eigenvalue weighted by atomic mass is 16.6. The fourth-order valence-electron chi connectivity index (χ4n) is 8.64.